The second kappa shape index (κ2) is 3.79. The zero-order chi connectivity index (χ0) is 9.90. The van der Waals surface area contributed by atoms with Gasteiger partial charge in [-0.05, 0) is 32.4 Å². The molecular formula is C11H18N2. The first-order chi connectivity index (χ1) is 5.97. The molecule has 1 rings (SSSR count). The first-order valence-electron chi connectivity index (χ1n) is 4.55. The molecule has 0 radical (unpaired) electrons. The molecular weight excluding hydrogens is 160 g/mol. The molecule has 0 atom stereocenters. The van der Waals surface area contributed by atoms with E-state index in [2.05, 4.69) is 44.1 Å². The highest BCUT2D eigenvalue weighted by molar-refractivity contribution is 5.32. The summed E-state index contributed by atoms with van der Waals surface area (Å²) in [6, 6.07) is 0. The van der Waals surface area contributed by atoms with Crippen LogP contribution < -0.4 is 10.6 Å². The van der Waals surface area contributed by atoms with Crippen LogP contribution >= 0.6 is 0 Å². The fraction of sp³-hybridized carbons (Fsp3) is 0.455. The number of hydrogen-bond donors (Lipinski definition) is 2. The van der Waals surface area contributed by atoms with Crippen LogP contribution in [-0.4, -0.2) is 12.1 Å². The van der Waals surface area contributed by atoms with E-state index in [1.807, 2.05) is 12.3 Å². The molecule has 0 spiro atoms. The first kappa shape index (κ1) is 10.1. The topological polar surface area (TPSA) is 24.1 Å². The van der Waals surface area contributed by atoms with E-state index in [9.17, 15) is 0 Å². The van der Waals surface area contributed by atoms with Gasteiger partial charge in [0.15, 0.2) is 0 Å². The summed E-state index contributed by atoms with van der Waals surface area (Å²) in [4.78, 5) is 0. The van der Waals surface area contributed by atoms with Crippen LogP contribution in [0.3, 0.4) is 0 Å². The second-order valence-electron chi connectivity index (χ2n) is 4.33. The molecule has 1 aliphatic heterocycles. The Bertz CT molecular complexity index is 254. The van der Waals surface area contributed by atoms with Gasteiger partial charge in [0, 0.05) is 24.0 Å². The van der Waals surface area contributed by atoms with Crippen molar-refractivity contribution in [1.29, 1.82) is 0 Å². The Balaban J connectivity index is 2.40. The lowest BCUT2D eigenvalue weighted by Crippen LogP contribution is -2.37. The molecule has 0 saturated heterocycles. The van der Waals surface area contributed by atoms with Crippen LogP contribution in [0, 0.1) is 0 Å². The van der Waals surface area contributed by atoms with Crippen LogP contribution in [0.5, 0.6) is 0 Å². The van der Waals surface area contributed by atoms with Crippen molar-refractivity contribution in [2.24, 2.45) is 0 Å². The molecule has 0 aromatic rings. The van der Waals surface area contributed by atoms with Gasteiger partial charge in [0.1, 0.15) is 0 Å². The lowest BCUT2D eigenvalue weighted by molar-refractivity contribution is 0.445. The predicted molar refractivity (Wildman–Crippen MR) is 57.3 cm³/mol. The van der Waals surface area contributed by atoms with Gasteiger partial charge in [-0.25, -0.2) is 0 Å². The van der Waals surface area contributed by atoms with Crippen LogP contribution in [0.15, 0.2) is 36.2 Å². The summed E-state index contributed by atoms with van der Waals surface area (Å²) in [5, 5.41) is 6.50. The molecule has 72 valence electrons. The highest BCUT2D eigenvalue weighted by Gasteiger charge is 2.09. The molecule has 0 amide bonds. The van der Waals surface area contributed by atoms with Crippen LogP contribution in [0.2, 0.25) is 0 Å². The van der Waals surface area contributed by atoms with Crippen LogP contribution in [0.4, 0.5) is 0 Å². The molecule has 0 bridgehead atoms. The third kappa shape index (κ3) is 3.95. The van der Waals surface area contributed by atoms with Crippen molar-refractivity contribution in [2.75, 3.05) is 6.54 Å². The molecule has 1 aliphatic rings. The fourth-order valence-electron chi connectivity index (χ4n) is 0.966. The van der Waals surface area contributed by atoms with Gasteiger partial charge in [0.05, 0.1) is 0 Å². The van der Waals surface area contributed by atoms with Gasteiger partial charge in [-0.2, -0.15) is 0 Å². The number of rotatable bonds is 2. The zero-order valence-corrected chi connectivity index (χ0v) is 8.65. The van der Waals surface area contributed by atoms with Crippen molar-refractivity contribution in [2.45, 2.75) is 26.3 Å². The van der Waals surface area contributed by atoms with Gasteiger partial charge < -0.3 is 10.6 Å². The SMILES string of the molecule is C=C1C=CC(CNC(C)(C)C)=CN1. The maximum Gasteiger partial charge on any atom is 0.0306 e. The van der Waals surface area contributed by atoms with Crippen molar-refractivity contribution in [3.05, 3.63) is 36.2 Å². The van der Waals surface area contributed by atoms with Gasteiger partial charge in [-0.1, -0.05) is 12.7 Å². The van der Waals surface area contributed by atoms with Crippen molar-refractivity contribution in [1.82, 2.24) is 10.6 Å². The molecule has 2 heteroatoms. The standard InChI is InChI=1S/C11H18N2/c1-9-5-6-10(7-12-9)8-13-11(2,3)4/h5-7,12-13H,1,8H2,2-4H3. The molecule has 0 unspecified atom stereocenters. The molecule has 2 N–H and O–H groups in total. The summed E-state index contributed by atoms with van der Waals surface area (Å²) < 4.78 is 0. The summed E-state index contributed by atoms with van der Waals surface area (Å²) in [6.07, 6.45) is 6.05. The smallest absolute Gasteiger partial charge is 0.0306 e. The van der Waals surface area contributed by atoms with E-state index in [0.717, 1.165) is 12.2 Å². The van der Waals surface area contributed by atoms with Crippen molar-refractivity contribution in [3.8, 4) is 0 Å². The highest BCUT2D eigenvalue weighted by atomic mass is 14.9. The zero-order valence-electron chi connectivity index (χ0n) is 8.65. The van der Waals surface area contributed by atoms with E-state index >= 15 is 0 Å². The van der Waals surface area contributed by atoms with Crippen LogP contribution in [0.25, 0.3) is 0 Å². The van der Waals surface area contributed by atoms with Crippen molar-refractivity contribution in [3.63, 3.8) is 0 Å². The van der Waals surface area contributed by atoms with E-state index in [1.165, 1.54) is 5.57 Å². The van der Waals surface area contributed by atoms with E-state index in [4.69, 9.17) is 0 Å². The van der Waals surface area contributed by atoms with Gasteiger partial charge in [-0.3, -0.25) is 0 Å². The minimum atomic E-state index is 0.170. The Kier molecular flexibility index (Phi) is 2.94. The molecule has 0 fully saturated rings. The van der Waals surface area contributed by atoms with Crippen LogP contribution in [0.1, 0.15) is 20.8 Å². The van der Waals surface area contributed by atoms with E-state index in [0.29, 0.717) is 0 Å². The highest BCUT2D eigenvalue weighted by Crippen LogP contribution is 2.06. The number of allylic oxidation sites excluding steroid dienone is 1. The summed E-state index contributed by atoms with van der Waals surface area (Å²) in [6.45, 7) is 11.2. The maximum absolute atomic E-state index is 3.79. The van der Waals surface area contributed by atoms with Crippen LogP contribution in [-0.2, 0) is 0 Å². The molecule has 13 heavy (non-hydrogen) atoms. The first-order valence-corrected chi connectivity index (χ1v) is 4.55. The summed E-state index contributed by atoms with van der Waals surface area (Å²) in [5.74, 6) is 0. The van der Waals surface area contributed by atoms with E-state index in [1.54, 1.807) is 0 Å². The molecule has 0 aromatic carbocycles. The predicted octanol–water partition coefficient (Wildman–Crippen LogP) is 1.93. The lowest BCUT2D eigenvalue weighted by Gasteiger charge is -2.21. The Labute approximate surface area is 80.4 Å². The lowest BCUT2D eigenvalue weighted by atomic mass is 10.1. The normalized spacial score (nSPS) is 16.8. The monoisotopic (exact) mass is 178 g/mol. The minimum Gasteiger partial charge on any atom is -0.362 e. The molecule has 0 aromatic heterocycles. The Morgan fingerprint density at radius 2 is 2.08 bits per heavy atom. The largest absolute Gasteiger partial charge is 0.362 e. The molecule has 0 saturated carbocycles. The number of dihydropyridines is 1. The second-order valence-corrected chi connectivity index (χ2v) is 4.33. The van der Waals surface area contributed by atoms with E-state index in [-0.39, 0.29) is 5.54 Å². The Hall–Kier alpha value is -1.02. The Morgan fingerprint density at radius 1 is 1.38 bits per heavy atom. The molecule has 1 heterocycles. The third-order valence-corrected chi connectivity index (χ3v) is 1.76. The molecule has 2 nitrogen and oxygen atoms in total. The summed E-state index contributed by atoms with van der Waals surface area (Å²) >= 11 is 0. The number of nitrogens with one attached hydrogen (secondary N) is 2. The third-order valence-electron chi connectivity index (χ3n) is 1.76. The van der Waals surface area contributed by atoms with E-state index < -0.39 is 0 Å². The van der Waals surface area contributed by atoms with Gasteiger partial charge >= 0.3 is 0 Å². The average Bonchev–Trinajstić information content (AvgIpc) is 2.02. The van der Waals surface area contributed by atoms with Gasteiger partial charge in [0.25, 0.3) is 0 Å². The fourth-order valence-corrected chi connectivity index (χ4v) is 0.966. The summed E-state index contributed by atoms with van der Waals surface area (Å²) in [7, 11) is 0. The number of hydrogen-bond acceptors (Lipinski definition) is 2. The van der Waals surface area contributed by atoms with Crippen molar-refractivity contribution >= 4 is 0 Å². The van der Waals surface area contributed by atoms with Gasteiger partial charge in [0.2, 0.25) is 0 Å². The maximum atomic E-state index is 3.79. The van der Waals surface area contributed by atoms with Crippen molar-refractivity contribution < 1.29 is 0 Å². The Morgan fingerprint density at radius 3 is 2.54 bits per heavy atom. The minimum absolute atomic E-state index is 0.170. The summed E-state index contributed by atoms with van der Waals surface area (Å²) in [5.41, 5.74) is 2.37. The van der Waals surface area contributed by atoms with Gasteiger partial charge in [-0.15, -0.1) is 0 Å². The average molecular weight is 178 g/mol. The molecule has 0 aliphatic carbocycles. The quantitative estimate of drug-likeness (QED) is 0.675.